The second-order valence-electron chi connectivity index (χ2n) is 7.96. The first-order valence-electron chi connectivity index (χ1n) is 9.64. The summed E-state index contributed by atoms with van der Waals surface area (Å²) in [6.45, 7) is -1.26. The number of benzene rings is 1. The van der Waals surface area contributed by atoms with Crippen LogP contribution in [0.25, 0.3) is 0 Å². The van der Waals surface area contributed by atoms with Gasteiger partial charge in [0.2, 0.25) is 0 Å². The molecule has 1 aromatic rings. The van der Waals surface area contributed by atoms with E-state index in [2.05, 4.69) is 27.3 Å². The SMILES string of the molecule is O=C1OC2(CC3OC2CC3C(=O)OCCC(F)(F)C(F)(F)S(=O)(=O)[O-])Oc2c(I)cc(I)c(I)c21. The summed E-state index contributed by atoms with van der Waals surface area (Å²) >= 11 is 6.09. The van der Waals surface area contributed by atoms with Crippen molar-refractivity contribution < 1.29 is 59.1 Å². The molecular formula is C18H12F4I3O9S-. The van der Waals surface area contributed by atoms with Crippen molar-refractivity contribution in [2.24, 2.45) is 5.92 Å². The molecule has 0 radical (unpaired) electrons. The molecule has 0 aliphatic carbocycles. The van der Waals surface area contributed by atoms with Crippen molar-refractivity contribution in [2.75, 3.05) is 6.61 Å². The fourth-order valence-corrected chi connectivity index (χ4v) is 7.03. The Morgan fingerprint density at radius 2 is 1.86 bits per heavy atom. The summed E-state index contributed by atoms with van der Waals surface area (Å²) in [5.74, 6) is -9.08. The molecule has 4 unspecified atom stereocenters. The number of esters is 2. The molecule has 0 N–H and O–H groups in total. The first-order chi connectivity index (χ1) is 16.0. The monoisotopic (exact) mass is 861 g/mol. The summed E-state index contributed by atoms with van der Waals surface area (Å²) in [5.41, 5.74) is 0.268. The highest BCUT2D eigenvalue weighted by Gasteiger charge is 2.65. The molecule has 194 valence electrons. The van der Waals surface area contributed by atoms with Crippen LogP contribution in [0, 0.1) is 16.6 Å². The van der Waals surface area contributed by atoms with Crippen LogP contribution >= 0.6 is 67.8 Å². The van der Waals surface area contributed by atoms with E-state index in [0.717, 1.165) is 3.57 Å². The number of hydrogen-bond acceptors (Lipinski definition) is 9. The fraction of sp³-hybridized carbons (Fsp3) is 0.556. The van der Waals surface area contributed by atoms with Gasteiger partial charge in [0.25, 0.3) is 5.79 Å². The third-order valence-corrected chi connectivity index (χ3v) is 10.5. The van der Waals surface area contributed by atoms with Crippen molar-refractivity contribution in [3.63, 3.8) is 0 Å². The lowest BCUT2D eigenvalue weighted by Crippen LogP contribution is -2.54. The van der Waals surface area contributed by atoms with E-state index >= 15 is 0 Å². The molecule has 1 aromatic carbocycles. The largest absolute Gasteiger partial charge is 0.743 e. The number of ether oxygens (including phenoxy) is 4. The predicted molar refractivity (Wildman–Crippen MR) is 130 cm³/mol. The zero-order chi connectivity index (χ0) is 26.1. The lowest BCUT2D eigenvalue weighted by atomic mass is 9.84. The molecule has 2 fully saturated rings. The van der Waals surface area contributed by atoms with Crippen LogP contribution in [0.4, 0.5) is 17.6 Å². The second-order valence-corrected chi connectivity index (χ2v) is 12.8. The van der Waals surface area contributed by atoms with Crippen molar-refractivity contribution in [3.05, 3.63) is 22.3 Å². The first kappa shape index (κ1) is 27.8. The number of alkyl halides is 4. The lowest BCUT2D eigenvalue weighted by Gasteiger charge is -2.40. The summed E-state index contributed by atoms with van der Waals surface area (Å²) < 4.78 is 109. The van der Waals surface area contributed by atoms with Crippen molar-refractivity contribution in [3.8, 4) is 5.75 Å². The maximum absolute atomic E-state index is 13.5. The van der Waals surface area contributed by atoms with E-state index in [1.807, 2.05) is 51.2 Å². The Kier molecular flexibility index (Phi) is 7.29. The first-order valence-corrected chi connectivity index (χ1v) is 14.3. The van der Waals surface area contributed by atoms with Gasteiger partial charge in [0.05, 0.1) is 35.0 Å². The second kappa shape index (κ2) is 9.19. The van der Waals surface area contributed by atoms with Gasteiger partial charge in [-0.1, -0.05) is 0 Å². The van der Waals surface area contributed by atoms with Gasteiger partial charge in [-0.15, -0.1) is 0 Å². The third kappa shape index (κ3) is 4.62. The number of carbonyl (C=O) groups excluding carboxylic acids is 2. The van der Waals surface area contributed by atoms with Crippen LogP contribution in [0.5, 0.6) is 5.75 Å². The van der Waals surface area contributed by atoms with E-state index in [0.29, 0.717) is 12.9 Å². The predicted octanol–water partition coefficient (Wildman–Crippen LogP) is 3.63. The van der Waals surface area contributed by atoms with Gasteiger partial charge >= 0.3 is 23.1 Å². The Labute approximate surface area is 236 Å². The van der Waals surface area contributed by atoms with E-state index in [9.17, 15) is 40.1 Å². The van der Waals surface area contributed by atoms with Crippen LogP contribution in [-0.4, -0.2) is 60.7 Å². The molecule has 9 nitrogen and oxygen atoms in total. The zero-order valence-corrected chi connectivity index (χ0v) is 24.2. The smallest absolute Gasteiger partial charge is 0.396 e. The quantitative estimate of drug-likeness (QED) is 0.139. The van der Waals surface area contributed by atoms with Crippen LogP contribution in [0.1, 0.15) is 29.6 Å². The summed E-state index contributed by atoms with van der Waals surface area (Å²) in [6, 6.07) is 1.82. The molecule has 17 heteroatoms. The normalized spacial score (nSPS) is 28.0. The Balaban J connectivity index is 1.41. The minimum Gasteiger partial charge on any atom is -0.743 e. The topological polar surface area (TPSA) is 128 Å². The van der Waals surface area contributed by atoms with Crippen molar-refractivity contribution in [1.82, 2.24) is 0 Å². The van der Waals surface area contributed by atoms with E-state index in [4.69, 9.17) is 14.2 Å². The van der Waals surface area contributed by atoms with Gasteiger partial charge in [-0.3, -0.25) is 4.79 Å². The molecule has 2 bridgehead atoms. The van der Waals surface area contributed by atoms with E-state index in [-0.39, 0.29) is 18.4 Å². The summed E-state index contributed by atoms with van der Waals surface area (Å²) in [5, 5.41) is -5.86. The van der Waals surface area contributed by atoms with Gasteiger partial charge in [0.1, 0.15) is 11.7 Å². The Morgan fingerprint density at radius 1 is 1.20 bits per heavy atom. The zero-order valence-electron chi connectivity index (χ0n) is 16.9. The number of fused-ring (bicyclic) bond motifs is 4. The molecule has 35 heavy (non-hydrogen) atoms. The van der Waals surface area contributed by atoms with Gasteiger partial charge in [0, 0.05) is 7.14 Å². The summed E-state index contributed by atoms with van der Waals surface area (Å²) in [6.07, 6.45) is -3.76. The van der Waals surface area contributed by atoms with Crippen molar-refractivity contribution >= 4 is 89.8 Å². The van der Waals surface area contributed by atoms with Crippen LogP contribution in [-0.2, 0) is 29.1 Å². The van der Waals surface area contributed by atoms with Crippen molar-refractivity contribution in [1.29, 1.82) is 0 Å². The summed E-state index contributed by atoms with van der Waals surface area (Å²) in [7, 11) is -6.63. The average molecular weight is 861 g/mol. The molecule has 3 aliphatic heterocycles. The highest BCUT2D eigenvalue weighted by molar-refractivity contribution is 14.1. The van der Waals surface area contributed by atoms with Gasteiger partial charge in [-0.2, -0.15) is 17.6 Å². The Hall–Kier alpha value is -0.260. The molecule has 0 aromatic heterocycles. The highest BCUT2D eigenvalue weighted by atomic mass is 127. The Bertz CT molecular complexity index is 1210. The van der Waals surface area contributed by atoms with Crippen molar-refractivity contribution in [2.45, 2.75) is 48.4 Å². The third-order valence-electron chi connectivity index (χ3n) is 5.81. The number of carbonyl (C=O) groups is 2. The standard InChI is InChI=1S/C18H13F4I3O9S/c19-17(20,18(21,22)35(28,29)30)1-2-31-14(26)6-3-10-16(5-9(6)32-10)33-13-8(24)4-7(23)12(25)11(13)15(27)34-16/h4,6,9-10H,1-3,5H2,(H,28,29,30)/p-1. The molecule has 0 amide bonds. The van der Waals surface area contributed by atoms with Crippen LogP contribution in [0.3, 0.4) is 0 Å². The van der Waals surface area contributed by atoms with Gasteiger partial charge in [-0.05, 0) is 80.3 Å². The minimum atomic E-state index is -6.63. The molecule has 4 rings (SSSR count). The number of rotatable bonds is 6. The van der Waals surface area contributed by atoms with Gasteiger partial charge < -0.3 is 23.5 Å². The Morgan fingerprint density at radius 3 is 2.43 bits per heavy atom. The lowest BCUT2D eigenvalue weighted by molar-refractivity contribution is -0.187. The molecule has 1 spiro atoms. The van der Waals surface area contributed by atoms with E-state index < -0.39 is 70.2 Å². The van der Waals surface area contributed by atoms with E-state index in [1.165, 1.54) is 0 Å². The maximum Gasteiger partial charge on any atom is 0.396 e. The molecule has 0 saturated carbocycles. The van der Waals surface area contributed by atoms with Crippen LogP contribution in [0.2, 0.25) is 0 Å². The number of halogens is 7. The van der Waals surface area contributed by atoms with Gasteiger partial charge in [0.15, 0.2) is 15.9 Å². The molecule has 2 saturated heterocycles. The molecular weight excluding hydrogens is 849 g/mol. The summed E-state index contributed by atoms with van der Waals surface area (Å²) in [4.78, 5) is 25.2. The average Bonchev–Trinajstić information content (AvgIpc) is 3.28. The molecule has 4 atom stereocenters. The number of hydrogen-bond donors (Lipinski definition) is 0. The van der Waals surface area contributed by atoms with Crippen LogP contribution in [0.15, 0.2) is 6.07 Å². The highest BCUT2D eigenvalue weighted by Crippen LogP contribution is 2.52. The van der Waals surface area contributed by atoms with Gasteiger partial charge in [-0.25, -0.2) is 13.2 Å². The molecule has 3 aliphatic rings. The maximum atomic E-state index is 13.5. The molecule has 3 heterocycles. The minimum absolute atomic E-state index is 0.0638. The van der Waals surface area contributed by atoms with E-state index in [1.54, 1.807) is 0 Å². The van der Waals surface area contributed by atoms with Crippen LogP contribution < -0.4 is 4.74 Å². The fourth-order valence-electron chi connectivity index (χ4n) is 4.07.